The fourth-order valence-corrected chi connectivity index (χ4v) is 5.85. The van der Waals surface area contributed by atoms with Gasteiger partial charge in [0.25, 0.3) is 5.91 Å². The lowest BCUT2D eigenvalue weighted by atomic mass is 9.83. The van der Waals surface area contributed by atoms with Crippen LogP contribution < -0.4 is 15.4 Å². The van der Waals surface area contributed by atoms with Crippen molar-refractivity contribution in [2.45, 2.75) is 85.6 Å². The molecule has 0 aromatic carbocycles. The number of hydrogen-bond donors (Lipinski definition) is 2. The van der Waals surface area contributed by atoms with Crippen LogP contribution in [0.1, 0.15) is 88.2 Å². The number of methoxy groups -OCH3 is 1. The van der Waals surface area contributed by atoms with Crippen molar-refractivity contribution in [3.05, 3.63) is 23.5 Å². The van der Waals surface area contributed by atoms with Crippen molar-refractivity contribution in [3.8, 4) is 17.0 Å². The maximum atomic E-state index is 13.1. The zero-order valence-corrected chi connectivity index (χ0v) is 22.9. The number of aromatic nitrogens is 3. The van der Waals surface area contributed by atoms with Crippen molar-refractivity contribution in [2.75, 3.05) is 25.5 Å². The van der Waals surface area contributed by atoms with Crippen molar-refractivity contribution in [1.82, 2.24) is 20.1 Å². The smallest absolute Gasteiger partial charge is 0.272 e. The van der Waals surface area contributed by atoms with Crippen LogP contribution in [0, 0.1) is 30.6 Å². The molecule has 198 valence electrons. The fourth-order valence-electron chi connectivity index (χ4n) is 5.85. The Morgan fingerprint density at radius 3 is 2.22 bits per heavy atom. The van der Waals surface area contributed by atoms with E-state index in [0.717, 1.165) is 53.3 Å². The molecule has 0 bridgehead atoms. The van der Waals surface area contributed by atoms with Gasteiger partial charge in [-0.05, 0) is 63.2 Å². The average Bonchev–Trinajstić information content (AvgIpc) is 3.23. The van der Waals surface area contributed by atoms with Gasteiger partial charge in [0.2, 0.25) is 0 Å². The van der Waals surface area contributed by atoms with Crippen LogP contribution in [0.2, 0.25) is 0 Å². The molecule has 7 heteroatoms. The number of nitrogens with one attached hydrogen (secondary N) is 2. The Bertz CT molecular complexity index is 1020. The summed E-state index contributed by atoms with van der Waals surface area (Å²) in [6.45, 7) is 11.0. The van der Waals surface area contributed by atoms with Crippen LogP contribution in [0.4, 0.5) is 5.82 Å². The summed E-state index contributed by atoms with van der Waals surface area (Å²) in [7, 11) is 1.69. The molecule has 0 aliphatic heterocycles. The van der Waals surface area contributed by atoms with Gasteiger partial charge < -0.3 is 15.4 Å². The molecule has 0 unspecified atom stereocenters. The Morgan fingerprint density at radius 2 is 1.64 bits per heavy atom. The monoisotopic (exact) mass is 495 g/mol. The molecule has 2 aliphatic rings. The van der Waals surface area contributed by atoms with E-state index in [9.17, 15) is 4.79 Å². The molecule has 2 aromatic heterocycles. The van der Waals surface area contributed by atoms with Gasteiger partial charge in [-0.15, -0.1) is 0 Å². The predicted molar refractivity (Wildman–Crippen MR) is 145 cm³/mol. The Balaban J connectivity index is 1.47. The molecule has 36 heavy (non-hydrogen) atoms. The van der Waals surface area contributed by atoms with Gasteiger partial charge in [-0.1, -0.05) is 39.5 Å². The minimum atomic E-state index is -0.0911. The summed E-state index contributed by atoms with van der Waals surface area (Å²) in [6.07, 6.45) is 11.9. The first kappa shape index (κ1) is 26.5. The number of anilines is 1. The van der Waals surface area contributed by atoms with Crippen LogP contribution in [-0.2, 0) is 6.54 Å². The molecule has 1 amide bonds. The van der Waals surface area contributed by atoms with Crippen molar-refractivity contribution in [3.63, 3.8) is 0 Å². The number of carbonyl (C=O) groups excluding carboxylic acids is 1. The molecule has 2 saturated carbocycles. The number of hydrogen-bond acceptors (Lipinski definition) is 5. The third-order valence-corrected chi connectivity index (χ3v) is 8.44. The maximum absolute atomic E-state index is 13.1. The number of nitrogens with zero attached hydrogens (tertiary/aromatic N) is 3. The molecular weight excluding hydrogens is 450 g/mol. The molecule has 0 radical (unpaired) electrons. The molecule has 4 rings (SSSR count). The Hall–Kier alpha value is -2.57. The number of aryl methyl sites for hydroxylation is 1. The van der Waals surface area contributed by atoms with Crippen LogP contribution in [-0.4, -0.2) is 40.9 Å². The van der Waals surface area contributed by atoms with E-state index in [2.05, 4.69) is 29.6 Å². The van der Waals surface area contributed by atoms with E-state index in [0.29, 0.717) is 24.1 Å². The molecule has 0 spiro atoms. The summed E-state index contributed by atoms with van der Waals surface area (Å²) in [5, 5.41) is 11.4. The number of amides is 1. The summed E-state index contributed by atoms with van der Waals surface area (Å²) < 4.78 is 7.68. The summed E-state index contributed by atoms with van der Waals surface area (Å²) in [4.78, 5) is 17.8. The molecule has 2 aromatic rings. The highest BCUT2D eigenvalue weighted by Crippen LogP contribution is 2.35. The fraction of sp³-hybridized carbons (Fsp3) is 0.690. The SMILES string of the molecule is CCn1nc(C(=O)NCC2CCC(C)CC2)c(C)c1-c1cnc(NCC2CCC(C)CC2)cc1OC. The molecule has 2 N–H and O–H groups in total. The van der Waals surface area contributed by atoms with Crippen molar-refractivity contribution >= 4 is 11.7 Å². The van der Waals surface area contributed by atoms with Crippen LogP contribution in [0.3, 0.4) is 0 Å². The van der Waals surface area contributed by atoms with Crippen LogP contribution in [0.25, 0.3) is 11.3 Å². The predicted octanol–water partition coefficient (Wildman–Crippen LogP) is 6.08. The lowest BCUT2D eigenvalue weighted by molar-refractivity contribution is 0.0935. The lowest BCUT2D eigenvalue weighted by Crippen LogP contribution is -2.31. The number of ether oxygens (including phenoxy) is 1. The Morgan fingerprint density at radius 1 is 1.03 bits per heavy atom. The lowest BCUT2D eigenvalue weighted by Gasteiger charge is -2.26. The first-order valence-corrected chi connectivity index (χ1v) is 14.0. The molecule has 7 nitrogen and oxygen atoms in total. The average molecular weight is 496 g/mol. The normalized spacial score (nSPS) is 24.4. The van der Waals surface area contributed by atoms with Gasteiger partial charge in [0.05, 0.1) is 18.4 Å². The summed E-state index contributed by atoms with van der Waals surface area (Å²) in [6, 6.07) is 1.97. The second-order valence-electron chi connectivity index (χ2n) is 11.3. The van der Waals surface area contributed by atoms with E-state index >= 15 is 0 Å². The van der Waals surface area contributed by atoms with Crippen LogP contribution >= 0.6 is 0 Å². The molecule has 0 atom stereocenters. The van der Waals surface area contributed by atoms with E-state index in [-0.39, 0.29) is 5.91 Å². The zero-order valence-electron chi connectivity index (χ0n) is 22.9. The van der Waals surface area contributed by atoms with Crippen molar-refractivity contribution in [1.29, 1.82) is 0 Å². The van der Waals surface area contributed by atoms with Crippen molar-refractivity contribution in [2.24, 2.45) is 23.7 Å². The summed E-state index contributed by atoms with van der Waals surface area (Å²) in [5.41, 5.74) is 3.11. The number of rotatable bonds is 9. The first-order valence-electron chi connectivity index (χ1n) is 14.0. The topological polar surface area (TPSA) is 81.1 Å². The summed E-state index contributed by atoms with van der Waals surface area (Å²) in [5.74, 6) is 4.42. The second kappa shape index (κ2) is 12.1. The van der Waals surface area contributed by atoms with E-state index in [1.807, 2.05) is 30.8 Å². The minimum Gasteiger partial charge on any atom is -0.496 e. The first-order chi connectivity index (χ1) is 17.4. The van der Waals surface area contributed by atoms with E-state index in [1.54, 1.807) is 7.11 Å². The van der Waals surface area contributed by atoms with Gasteiger partial charge in [-0.3, -0.25) is 9.48 Å². The van der Waals surface area contributed by atoms with E-state index in [4.69, 9.17) is 9.72 Å². The van der Waals surface area contributed by atoms with Crippen molar-refractivity contribution < 1.29 is 9.53 Å². The molecule has 2 heterocycles. The number of pyridine rings is 1. The van der Waals surface area contributed by atoms with Gasteiger partial charge in [0, 0.05) is 37.5 Å². The number of carbonyl (C=O) groups is 1. The highest BCUT2D eigenvalue weighted by Gasteiger charge is 2.25. The standard InChI is InChI=1S/C29H45N5O2/c1-6-34-28(21(4)27(33-34)29(35)32-17-23-13-9-20(3)10-14-23)24-18-31-26(15-25(24)36-5)30-16-22-11-7-19(2)8-12-22/h15,18-20,22-23H,6-14,16-17H2,1-5H3,(H,30,31)(H,32,35). The molecular formula is C29H45N5O2. The van der Waals surface area contributed by atoms with Gasteiger partial charge in [-0.2, -0.15) is 5.10 Å². The van der Waals surface area contributed by atoms with E-state index in [1.165, 1.54) is 51.4 Å². The largest absolute Gasteiger partial charge is 0.496 e. The molecule has 2 fully saturated rings. The Kier molecular flexibility index (Phi) is 8.91. The third kappa shape index (κ3) is 6.22. The third-order valence-electron chi connectivity index (χ3n) is 8.44. The van der Waals surface area contributed by atoms with Gasteiger partial charge >= 0.3 is 0 Å². The maximum Gasteiger partial charge on any atom is 0.272 e. The molecule has 2 aliphatic carbocycles. The van der Waals surface area contributed by atoms with Crippen LogP contribution in [0.5, 0.6) is 5.75 Å². The highest BCUT2D eigenvalue weighted by atomic mass is 16.5. The van der Waals surface area contributed by atoms with Gasteiger partial charge in [0.1, 0.15) is 11.6 Å². The second-order valence-corrected chi connectivity index (χ2v) is 11.3. The van der Waals surface area contributed by atoms with Gasteiger partial charge in [-0.25, -0.2) is 4.98 Å². The summed E-state index contributed by atoms with van der Waals surface area (Å²) >= 11 is 0. The quantitative estimate of drug-likeness (QED) is 0.441. The molecule has 0 saturated heterocycles. The Labute approximate surface area is 216 Å². The van der Waals surface area contributed by atoms with Gasteiger partial charge in [0.15, 0.2) is 5.69 Å². The van der Waals surface area contributed by atoms with Crippen LogP contribution in [0.15, 0.2) is 12.3 Å². The van der Waals surface area contributed by atoms with E-state index < -0.39 is 0 Å². The minimum absolute atomic E-state index is 0.0911. The highest BCUT2D eigenvalue weighted by molar-refractivity contribution is 5.95. The zero-order chi connectivity index (χ0) is 25.7.